The highest BCUT2D eigenvalue weighted by molar-refractivity contribution is 6.07. The Balaban J connectivity index is 1.47. The van der Waals surface area contributed by atoms with Crippen molar-refractivity contribution in [3.63, 3.8) is 0 Å². The highest BCUT2D eigenvalue weighted by Crippen LogP contribution is 2.44. The maximum Gasteiger partial charge on any atom is 0.222 e. The van der Waals surface area contributed by atoms with Crippen LogP contribution in [0.4, 0.5) is 5.69 Å². The van der Waals surface area contributed by atoms with E-state index in [0.717, 1.165) is 16.2 Å². The second-order valence-corrected chi connectivity index (χ2v) is 11.1. The Morgan fingerprint density at radius 3 is 2.64 bits per heavy atom. The van der Waals surface area contributed by atoms with Gasteiger partial charge in [0.2, 0.25) is 11.3 Å². The van der Waals surface area contributed by atoms with Crippen molar-refractivity contribution in [2.75, 3.05) is 26.4 Å². The zero-order valence-electron chi connectivity index (χ0n) is 23.4. The molecule has 0 saturated heterocycles. The van der Waals surface area contributed by atoms with Gasteiger partial charge in [-0.25, -0.2) is 9.78 Å². The number of aliphatic hydroxyl groups is 6. The number of fused-ring (bicyclic) bond motifs is 3. The van der Waals surface area contributed by atoms with Crippen LogP contribution in [0.3, 0.4) is 0 Å². The summed E-state index contributed by atoms with van der Waals surface area (Å²) in [6.07, 6.45) is -1.02. The van der Waals surface area contributed by atoms with Crippen molar-refractivity contribution in [1.82, 2.24) is 0 Å². The van der Waals surface area contributed by atoms with Gasteiger partial charge >= 0.3 is 0 Å². The van der Waals surface area contributed by atoms with Crippen LogP contribution in [0.1, 0.15) is 31.1 Å². The molecule has 3 aliphatic heterocycles. The highest BCUT2D eigenvalue weighted by atomic mass is 17.2. The molecule has 1 unspecified atom stereocenters. The zero-order chi connectivity index (χ0) is 30.2. The van der Waals surface area contributed by atoms with Gasteiger partial charge < -0.3 is 39.8 Å². The molecule has 7 atom stereocenters. The molecule has 13 nitrogen and oxygen atoms in total. The van der Waals surface area contributed by atoms with E-state index in [9.17, 15) is 30.3 Å². The number of allylic oxidation sites excluding steroid dienone is 1. The standard InChI is InChI=1S/C29H36N2O11/c1-15-8-20(34)18-9-17-10-23(42-39-14-22(36)26(38)25(37)21(35)13-33)29(2,5-3-7-32)41-27(17)24(28(18)40-15)31-11-16-4-6-30-19(16)12-31/h4,6,8-9,11,21-23,25-26,32-33,35-38H,3,5,7,10,12-14H2,1-2H3/p+1/t21-,22+,23-,25-,26-,29-/m1/s1. The number of hydrogen-bond donors (Lipinski definition) is 7. The van der Waals surface area contributed by atoms with Crippen LogP contribution < -0.4 is 15.1 Å². The van der Waals surface area contributed by atoms with Gasteiger partial charge in [-0.15, -0.1) is 0 Å². The number of quaternary nitrogens is 1. The number of hydrogen-bond acceptors (Lipinski definition) is 12. The number of aryl methyl sites for hydroxylation is 1. The first-order valence-corrected chi connectivity index (χ1v) is 13.9. The van der Waals surface area contributed by atoms with Gasteiger partial charge in [0.25, 0.3) is 0 Å². The molecule has 3 aliphatic rings. The average molecular weight is 590 g/mol. The Bertz CT molecular complexity index is 1470. The van der Waals surface area contributed by atoms with E-state index in [1.54, 1.807) is 19.2 Å². The SMILES string of the molecule is Cc1cc(=O)c2cc3c(c([NH+]4C=C5C=CN=C5C4)c2o1)O[C@](C)(CCCO)[C@H](OOC[C@H](O)[C@@H](O)[C@H](O)[C@H](O)CO)C3. The fourth-order valence-corrected chi connectivity index (χ4v) is 5.59. The average Bonchev–Trinajstić information content (AvgIpc) is 3.57. The van der Waals surface area contributed by atoms with Crippen LogP contribution in [0.2, 0.25) is 0 Å². The Labute approximate surface area is 241 Å². The summed E-state index contributed by atoms with van der Waals surface area (Å²) in [7, 11) is 0. The second kappa shape index (κ2) is 12.3. The molecule has 7 N–H and O–H groups in total. The molecule has 0 fully saturated rings. The van der Waals surface area contributed by atoms with Crippen molar-refractivity contribution in [3.05, 3.63) is 57.7 Å². The molecule has 5 rings (SSSR count). The van der Waals surface area contributed by atoms with Gasteiger partial charge in [-0.3, -0.25) is 14.7 Å². The summed E-state index contributed by atoms with van der Waals surface area (Å²) in [6.45, 7) is 2.59. The highest BCUT2D eigenvalue weighted by Gasteiger charge is 2.46. The molecule has 4 heterocycles. The van der Waals surface area contributed by atoms with Crippen LogP contribution in [0.15, 0.2) is 50.4 Å². The summed E-state index contributed by atoms with van der Waals surface area (Å²) in [6, 6.07) is 3.15. The topological polar surface area (TPSA) is 196 Å². The molecule has 0 amide bonds. The van der Waals surface area contributed by atoms with Crippen LogP contribution >= 0.6 is 0 Å². The monoisotopic (exact) mass is 589 g/mol. The van der Waals surface area contributed by atoms with Crippen molar-refractivity contribution in [2.24, 2.45) is 4.99 Å². The lowest BCUT2D eigenvalue weighted by molar-refractivity contribution is -0.759. The van der Waals surface area contributed by atoms with E-state index in [0.29, 0.717) is 53.1 Å². The minimum absolute atomic E-state index is 0.0936. The molecule has 0 radical (unpaired) electrons. The summed E-state index contributed by atoms with van der Waals surface area (Å²) in [5, 5.41) is 58.8. The second-order valence-electron chi connectivity index (χ2n) is 11.1. The summed E-state index contributed by atoms with van der Waals surface area (Å²) in [5.41, 5.74) is 2.41. The maximum absolute atomic E-state index is 13.1. The number of ether oxygens (including phenoxy) is 1. The van der Waals surface area contributed by atoms with Crippen molar-refractivity contribution in [2.45, 2.75) is 69.2 Å². The first kappa shape index (κ1) is 30.5. The minimum atomic E-state index is -1.81. The van der Waals surface area contributed by atoms with Crippen molar-refractivity contribution in [3.8, 4) is 5.75 Å². The molecule has 0 bridgehead atoms. The number of rotatable bonds is 12. The van der Waals surface area contributed by atoms with Gasteiger partial charge in [-0.2, -0.15) is 0 Å². The number of benzene rings is 1. The molecule has 2 aromatic rings. The Hall–Kier alpha value is -2.98. The molecule has 1 aromatic heterocycles. The third-order valence-corrected chi connectivity index (χ3v) is 8.00. The molecule has 13 heteroatoms. The summed E-state index contributed by atoms with van der Waals surface area (Å²) < 4.78 is 12.8. The number of aliphatic hydroxyl groups excluding tert-OH is 6. The number of nitrogens with zero attached hydrogens (tertiary/aromatic N) is 1. The lowest BCUT2D eigenvalue weighted by Gasteiger charge is -2.42. The molecule has 228 valence electrons. The van der Waals surface area contributed by atoms with Gasteiger partial charge in [0, 0.05) is 30.9 Å². The van der Waals surface area contributed by atoms with Crippen molar-refractivity contribution in [1.29, 1.82) is 0 Å². The zero-order valence-corrected chi connectivity index (χ0v) is 23.4. The lowest BCUT2D eigenvalue weighted by atomic mass is 9.85. The molecular formula is C29H37N2O11+. The van der Waals surface area contributed by atoms with E-state index in [1.807, 2.05) is 19.2 Å². The fourth-order valence-electron chi connectivity index (χ4n) is 5.59. The van der Waals surface area contributed by atoms with Crippen LogP contribution in [0.5, 0.6) is 5.75 Å². The third-order valence-electron chi connectivity index (χ3n) is 8.00. The van der Waals surface area contributed by atoms with Gasteiger partial charge in [-0.1, -0.05) is 0 Å². The minimum Gasteiger partial charge on any atom is -0.478 e. The molecular weight excluding hydrogens is 552 g/mol. The van der Waals surface area contributed by atoms with E-state index in [1.165, 1.54) is 6.07 Å². The molecule has 1 aromatic carbocycles. The molecule has 42 heavy (non-hydrogen) atoms. The Morgan fingerprint density at radius 2 is 1.93 bits per heavy atom. The van der Waals surface area contributed by atoms with E-state index >= 15 is 0 Å². The van der Waals surface area contributed by atoms with E-state index in [4.69, 9.17) is 24.0 Å². The third kappa shape index (κ3) is 5.80. The largest absolute Gasteiger partial charge is 0.478 e. The van der Waals surface area contributed by atoms with Crippen molar-refractivity contribution >= 4 is 22.4 Å². The maximum atomic E-state index is 13.1. The van der Waals surface area contributed by atoms with E-state index in [2.05, 4.69) is 4.99 Å². The first-order chi connectivity index (χ1) is 20.1. The summed E-state index contributed by atoms with van der Waals surface area (Å²) >= 11 is 0. The molecule has 0 spiro atoms. The summed E-state index contributed by atoms with van der Waals surface area (Å²) in [5.74, 6) is 0.993. The smallest absolute Gasteiger partial charge is 0.222 e. The van der Waals surface area contributed by atoms with Gasteiger partial charge in [0.15, 0.2) is 11.2 Å². The molecule has 0 aliphatic carbocycles. The summed E-state index contributed by atoms with van der Waals surface area (Å²) in [4.78, 5) is 29.4. The normalized spacial score (nSPS) is 25.8. The van der Waals surface area contributed by atoms with Gasteiger partial charge in [0.1, 0.15) is 66.9 Å². The first-order valence-electron chi connectivity index (χ1n) is 13.9. The lowest BCUT2D eigenvalue weighted by Crippen LogP contribution is -3.01. The fraction of sp³-hybridized carbons (Fsp3) is 0.517. The van der Waals surface area contributed by atoms with Crippen LogP contribution in [-0.4, -0.2) is 98.8 Å². The predicted octanol–water partition coefficient (Wildman–Crippen LogP) is -1.30. The van der Waals surface area contributed by atoms with Gasteiger partial charge in [0.05, 0.1) is 17.6 Å². The van der Waals surface area contributed by atoms with Gasteiger partial charge in [-0.05, 0) is 38.8 Å². The van der Waals surface area contributed by atoms with Crippen LogP contribution in [-0.2, 0) is 16.2 Å². The van der Waals surface area contributed by atoms with E-state index in [-0.39, 0.29) is 18.5 Å². The van der Waals surface area contributed by atoms with E-state index < -0.39 is 49.3 Å². The van der Waals surface area contributed by atoms with Crippen molar-refractivity contribution < 1.29 is 54.5 Å². The molecule has 0 saturated carbocycles. The van der Waals surface area contributed by atoms with Crippen LogP contribution in [0, 0.1) is 6.92 Å². The Kier molecular flexibility index (Phi) is 8.94. The number of nitrogens with one attached hydrogen (secondary N) is 1. The Morgan fingerprint density at radius 1 is 1.17 bits per heavy atom. The van der Waals surface area contributed by atoms with Crippen LogP contribution in [0.25, 0.3) is 11.0 Å². The predicted molar refractivity (Wildman–Crippen MR) is 148 cm³/mol. The quantitative estimate of drug-likeness (QED) is 0.115. The number of aliphatic imine (C=N–C) groups is 1.